The van der Waals surface area contributed by atoms with E-state index in [9.17, 15) is 5.11 Å². The lowest BCUT2D eigenvalue weighted by Gasteiger charge is -2.22. The van der Waals surface area contributed by atoms with E-state index in [1.807, 2.05) is 24.4 Å². The molecule has 0 aliphatic carbocycles. The second kappa shape index (κ2) is 5.32. The van der Waals surface area contributed by atoms with Crippen LogP contribution in [0.4, 0.5) is 5.95 Å². The van der Waals surface area contributed by atoms with Gasteiger partial charge in [0.2, 0.25) is 5.95 Å². The molecule has 1 unspecified atom stereocenters. The quantitative estimate of drug-likeness (QED) is 0.798. The summed E-state index contributed by atoms with van der Waals surface area (Å²) >= 11 is 0. The van der Waals surface area contributed by atoms with Crippen LogP contribution in [0.25, 0.3) is 5.65 Å². The second-order valence-electron chi connectivity index (χ2n) is 4.53. The molecule has 6 heteroatoms. The van der Waals surface area contributed by atoms with Crippen LogP contribution in [0.2, 0.25) is 0 Å². The minimum absolute atomic E-state index is 0.382. The Morgan fingerprint density at radius 2 is 2.33 bits per heavy atom. The lowest BCUT2D eigenvalue weighted by molar-refractivity contribution is 0.0356. The summed E-state index contributed by atoms with van der Waals surface area (Å²) in [5.74, 6) is 0.513. The van der Waals surface area contributed by atoms with Gasteiger partial charge < -0.3 is 15.2 Å². The molecular weight excluding hydrogens is 232 g/mol. The van der Waals surface area contributed by atoms with E-state index in [2.05, 4.69) is 15.4 Å². The van der Waals surface area contributed by atoms with Crippen molar-refractivity contribution < 1.29 is 9.84 Å². The predicted molar refractivity (Wildman–Crippen MR) is 68.6 cm³/mol. The van der Waals surface area contributed by atoms with Crippen LogP contribution in [-0.2, 0) is 4.74 Å². The summed E-state index contributed by atoms with van der Waals surface area (Å²) < 4.78 is 6.64. The van der Waals surface area contributed by atoms with Gasteiger partial charge in [0.25, 0.3) is 0 Å². The zero-order valence-electron chi connectivity index (χ0n) is 10.6. The number of fused-ring (bicyclic) bond motifs is 1. The fraction of sp³-hybridized carbons (Fsp3) is 0.500. The largest absolute Gasteiger partial charge is 0.388 e. The number of pyridine rings is 1. The molecule has 1 atom stereocenters. The second-order valence-corrected chi connectivity index (χ2v) is 4.53. The van der Waals surface area contributed by atoms with E-state index in [-0.39, 0.29) is 0 Å². The number of ether oxygens (including phenoxy) is 1. The molecule has 0 saturated carbocycles. The van der Waals surface area contributed by atoms with Crippen molar-refractivity contribution in [2.24, 2.45) is 0 Å². The normalized spacial score (nSPS) is 14.6. The number of hydrogen-bond donors (Lipinski definition) is 2. The number of rotatable bonds is 6. The van der Waals surface area contributed by atoms with Gasteiger partial charge in [0, 0.05) is 32.9 Å². The van der Waals surface area contributed by atoms with Gasteiger partial charge >= 0.3 is 0 Å². The van der Waals surface area contributed by atoms with Crippen molar-refractivity contribution in [3.63, 3.8) is 0 Å². The monoisotopic (exact) mass is 250 g/mol. The van der Waals surface area contributed by atoms with E-state index in [0.717, 1.165) is 5.65 Å². The van der Waals surface area contributed by atoms with E-state index in [1.165, 1.54) is 0 Å². The van der Waals surface area contributed by atoms with Gasteiger partial charge in [-0.2, -0.15) is 4.98 Å². The van der Waals surface area contributed by atoms with Gasteiger partial charge in [0.15, 0.2) is 5.65 Å². The lowest BCUT2D eigenvalue weighted by atomic mass is 10.0. The van der Waals surface area contributed by atoms with Crippen LogP contribution in [0.3, 0.4) is 0 Å². The number of aromatic nitrogens is 3. The minimum Gasteiger partial charge on any atom is -0.388 e. The van der Waals surface area contributed by atoms with E-state index < -0.39 is 5.60 Å². The third kappa shape index (κ3) is 3.18. The van der Waals surface area contributed by atoms with Crippen molar-refractivity contribution in [1.82, 2.24) is 14.6 Å². The zero-order valence-corrected chi connectivity index (χ0v) is 10.6. The summed E-state index contributed by atoms with van der Waals surface area (Å²) in [6, 6.07) is 5.67. The van der Waals surface area contributed by atoms with Crippen LogP contribution in [0.1, 0.15) is 13.3 Å². The molecule has 0 bridgehead atoms. The Hall–Kier alpha value is -1.66. The Bertz CT molecular complexity index is 477. The van der Waals surface area contributed by atoms with Crippen molar-refractivity contribution >= 4 is 11.6 Å². The highest BCUT2D eigenvalue weighted by molar-refractivity contribution is 5.42. The topological polar surface area (TPSA) is 71.7 Å². The smallest absolute Gasteiger partial charge is 0.243 e. The Morgan fingerprint density at radius 3 is 3.06 bits per heavy atom. The average Bonchev–Trinajstić information content (AvgIpc) is 2.77. The van der Waals surface area contributed by atoms with Gasteiger partial charge in [-0.3, -0.25) is 0 Å². The Morgan fingerprint density at radius 1 is 1.50 bits per heavy atom. The molecule has 18 heavy (non-hydrogen) atoms. The number of nitrogens with one attached hydrogen (secondary N) is 1. The maximum atomic E-state index is 10.1. The molecular formula is C12H18N4O2. The molecule has 0 amide bonds. The maximum Gasteiger partial charge on any atom is 0.243 e. The Labute approximate surface area is 106 Å². The lowest BCUT2D eigenvalue weighted by Crippen LogP contribution is -2.34. The van der Waals surface area contributed by atoms with Crippen LogP contribution in [0, 0.1) is 0 Å². The highest BCUT2D eigenvalue weighted by Crippen LogP contribution is 2.11. The van der Waals surface area contributed by atoms with Crippen molar-refractivity contribution in [3.8, 4) is 0 Å². The molecule has 98 valence electrons. The number of methoxy groups -OCH3 is 1. The predicted octanol–water partition coefficient (Wildman–Crippen LogP) is 0.929. The van der Waals surface area contributed by atoms with Crippen molar-refractivity contribution in [2.45, 2.75) is 18.9 Å². The summed E-state index contributed by atoms with van der Waals surface area (Å²) in [5.41, 5.74) is -0.0652. The molecule has 0 fully saturated rings. The standard InChI is InChI=1S/C12H18N4O2/c1-12(17,6-8-18-2)9-13-11-14-10-5-3-4-7-16(10)15-11/h3-5,7,17H,6,8-9H2,1-2H3,(H,13,15). The molecule has 2 N–H and O–H groups in total. The molecule has 0 spiro atoms. The van der Waals surface area contributed by atoms with Crippen LogP contribution >= 0.6 is 0 Å². The van der Waals surface area contributed by atoms with Crippen molar-refractivity contribution in [1.29, 1.82) is 0 Å². The zero-order chi connectivity index (χ0) is 13.0. The van der Waals surface area contributed by atoms with Gasteiger partial charge in [-0.15, -0.1) is 5.10 Å². The van der Waals surface area contributed by atoms with Gasteiger partial charge in [0.05, 0.1) is 5.60 Å². The fourth-order valence-electron chi connectivity index (χ4n) is 1.59. The number of anilines is 1. The van der Waals surface area contributed by atoms with E-state index >= 15 is 0 Å². The first-order valence-electron chi connectivity index (χ1n) is 5.87. The molecule has 0 saturated heterocycles. The molecule has 6 nitrogen and oxygen atoms in total. The average molecular weight is 250 g/mol. The highest BCUT2D eigenvalue weighted by Gasteiger charge is 2.20. The molecule has 0 radical (unpaired) electrons. The Balaban J connectivity index is 1.97. The third-order valence-corrected chi connectivity index (χ3v) is 2.71. The summed E-state index contributed by atoms with van der Waals surface area (Å²) in [6.07, 6.45) is 2.39. The van der Waals surface area contributed by atoms with Gasteiger partial charge in [0.1, 0.15) is 0 Å². The van der Waals surface area contributed by atoms with Crippen LogP contribution < -0.4 is 5.32 Å². The first kappa shape index (κ1) is 12.8. The summed E-state index contributed by atoms with van der Waals surface area (Å²) in [6.45, 7) is 2.66. The van der Waals surface area contributed by atoms with Crippen molar-refractivity contribution in [3.05, 3.63) is 24.4 Å². The van der Waals surface area contributed by atoms with Gasteiger partial charge in [-0.05, 0) is 19.1 Å². The van der Waals surface area contributed by atoms with Gasteiger partial charge in [-0.25, -0.2) is 4.52 Å². The summed E-state index contributed by atoms with van der Waals surface area (Å²) in [7, 11) is 1.62. The number of nitrogens with zero attached hydrogens (tertiary/aromatic N) is 3. The SMILES string of the molecule is COCCC(C)(O)CNc1nc2ccccn2n1. The summed E-state index contributed by atoms with van der Waals surface area (Å²) in [5, 5.41) is 17.4. The molecule has 0 aromatic carbocycles. The van der Waals surface area contributed by atoms with E-state index in [0.29, 0.717) is 25.5 Å². The van der Waals surface area contributed by atoms with E-state index in [1.54, 1.807) is 18.5 Å². The maximum absolute atomic E-state index is 10.1. The first-order valence-corrected chi connectivity index (χ1v) is 5.87. The van der Waals surface area contributed by atoms with Gasteiger partial charge in [-0.1, -0.05) is 6.07 Å². The molecule has 0 aliphatic rings. The molecule has 2 heterocycles. The third-order valence-electron chi connectivity index (χ3n) is 2.71. The molecule has 2 aromatic heterocycles. The Kier molecular flexibility index (Phi) is 3.78. The number of aliphatic hydroxyl groups is 1. The van der Waals surface area contributed by atoms with Crippen LogP contribution in [-0.4, -0.2) is 45.6 Å². The highest BCUT2D eigenvalue weighted by atomic mass is 16.5. The fourth-order valence-corrected chi connectivity index (χ4v) is 1.59. The number of hydrogen-bond acceptors (Lipinski definition) is 5. The van der Waals surface area contributed by atoms with Crippen LogP contribution in [0.5, 0.6) is 0 Å². The first-order chi connectivity index (χ1) is 8.61. The molecule has 0 aliphatic heterocycles. The summed E-state index contributed by atoms with van der Waals surface area (Å²) in [4.78, 5) is 4.29. The van der Waals surface area contributed by atoms with E-state index in [4.69, 9.17) is 4.74 Å². The minimum atomic E-state index is -0.840. The van der Waals surface area contributed by atoms with Crippen LogP contribution in [0.15, 0.2) is 24.4 Å². The molecule has 2 rings (SSSR count). The van der Waals surface area contributed by atoms with Crippen molar-refractivity contribution in [2.75, 3.05) is 25.6 Å². The molecule has 2 aromatic rings.